The van der Waals surface area contributed by atoms with Crippen LogP contribution in [0.5, 0.6) is 5.75 Å². The highest BCUT2D eigenvalue weighted by atomic mass is 16.6. The van der Waals surface area contributed by atoms with Crippen LogP contribution in [-0.4, -0.2) is 151 Å². The molecule has 0 heterocycles. The van der Waals surface area contributed by atoms with Gasteiger partial charge in [0.05, 0.1) is 138 Å². The van der Waals surface area contributed by atoms with Crippen LogP contribution in [0, 0.1) is 5.92 Å². The molecule has 0 bridgehead atoms. The van der Waals surface area contributed by atoms with Gasteiger partial charge in [0.1, 0.15) is 19.0 Å². The van der Waals surface area contributed by atoms with Gasteiger partial charge in [-0.05, 0) is 25.0 Å². The van der Waals surface area contributed by atoms with Crippen molar-refractivity contribution in [1.82, 2.24) is 0 Å². The third-order valence-electron chi connectivity index (χ3n) is 6.79. The molecule has 0 aliphatic heterocycles. The summed E-state index contributed by atoms with van der Waals surface area (Å²) >= 11 is 0. The van der Waals surface area contributed by atoms with Crippen LogP contribution in [0.4, 0.5) is 0 Å². The second kappa shape index (κ2) is 37.3. The first-order chi connectivity index (χ1) is 24.3. The monoisotopic (exact) mass is 704 g/mol. The number of carbonyl (C=O) groups excluding carboxylic acids is 1. The highest BCUT2D eigenvalue weighted by Crippen LogP contribution is 2.14. The summed E-state index contributed by atoms with van der Waals surface area (Å²) in [5, 5.41) is 0. The van der Waals surface area contributed by atoms with Crippen LogP contribution in [0.15, 0.2) is 30.3 Å². The van der Waals surface area contributed by atoms with E-state index in [9.17, 15) is 4.79 Å². The number of unbranched alkanes of at least 4 members (excludes halogenated alkanes) is 1. The molecule has 1 aromatic carbocycles. The summed E-state index contributed by atoms with van der Waals surface area (Å²) in [6.45, 7) is 14.8. The zero-order valence-corrected chi connectivity index (χ0v) is 30.2. The fourth-order valence-electron chi connectivity index (χ4n) is 4.07. The average Bonchev–Trinajstić information content (AvgIpc) is 3.12. The van der Waals surface area contributed by atoms with E-state index in [4.69, 9.17) is 56.8 Å². The molecule has 0 aliphatic rings. The molecule has 0 amide bonds. The molecule has 1 aromatic rings. The third kappa shape index (κ3) is 31.8. The number of esters is 1. The summed E-state index contributed by atoms with van der Waals surface area (Å²) in [7, 11) is 0. The van der Waals surface area contributed by atoms with Crippen molar-refractivity contribution in [2.75, 3.05) is 145 Å². The van der Waals surface area contributed by atoms with E-state index in [1.165, 1.54) is 0 Å². The Balaban J connectivity index is 1.65. The molecule has 0 aromatic heterocycles. The average molecular weight is 705 g/mol. The van der Waals surface area contributed by atoms with Crippen LogP contribution in [0.1, 0.15) is 39.5 Å². The molecule has 286 valence electrons. The van der Waals surface area contributed by atoms with Crippen LogP contribution in [0.25, 0.3) is 0 Å². The lowest BCUT2D eigenvalue weighted by Crippen LogP contribution is -2.20. The first-order valence-corrected chi connectivity index (χ1v) is 17.9. The summed E-state index contributed by atoms with van der Waals surface area (Å²) in [5.74, 6) is 0.717. The molecule has 0 fully saturated rings. The fourth-order valence-corrected chi connectivity index (χ4v) is 4.07. The zero-order chi connectivity index (χ0) is 35.1. The van der Waals surface area contributed by atoms with Crippen LogP contribution in [0.3, 0.4) is 0 Å². The maximum atomic E-state index is 12.0. The van der Waals surface area contributed by atoms with Crippen LogP contribution >= 0.6 is 0 Å². The van der Waals surface area contributed by atoms with Crippen LogP contribution in [-0.2, 0) is 56.9 Å². The molecule has 0 spiro atoms. The maximum Gasteiger partial charge on any atom is 0.308 e. The van der Waals surface area contributed by atoms with Crippen molar-refractivity contribution in [1.29, 1.82) is 0 Å². The molecule has 1 rings (SSSR count). The maximum absolute atomic E-state index is 12.0. The van der Waals surface area contributed by atoms with Gasteiger partial charge in [-0.15, -0.1) is 0 Å². The van der Waals surface area contributed by atoms with Gasteiger partial charge >= 0.3 is 5.97 Å². The molecule has 0 radical (unpaired) electrons. The lowest BCUT2D eigenvalue weighted by atomic mass is 10.00. The van der Waals surface area contributed by atoms with E-state index in [0.29, 0.717) is 139 Å². The van der Waals surface area contributed by atoms with Gasteiger partial charge < -0.3 is 56.8 Å². The van der Waals surface area contributed by atoms with Crippen LogP contribution in [0.2, 0.25) is 0 Å². The quantitative estimate of drug-likeness (QED) is 0.0725. The van der Waals surface area contributed by atoms with E-state index < -0.39 is 0 Å². The number of ether oxygens (including phenoxy) is 12. The van der Waals surface area contributed by atoms with Gasteiger partial charge in [-0.2, -0.15) is 0 Å². The Morgan fingerprint density at radius 2 is 0.796 bits per heavy atom. The Morgan fingerprint density at radius 3 is 1.12 bits per heavy atom. The SMILES string of the molecule is CCCCC(CC)C(=O)OCCOCCOCCOCCOCCOCCOCCOCCOCCOCCOCCOc1ccccc1. The van der Waals surface area contributed by atoms with E-state index in [-0.39, 0.29) is 18.5 Å². The molecule has 0 saturated carbocycles. The van der Waals surface area contributed by atoms with Crippen molar-refractivity contribution in [2.45, 2.75) is 39.5 Å². The van der Waals surface area contributed by atoms with Crippen molar-refractivity contribution in [3.8, 4) is 5.75 Å². The molecular formula is C36H64O13. The molecule has 13 heteroatoms. The number of benzene rings is 1. The molecule has 13 nitrogen and oxygen atoms in total. The Bertz CT molecular complexity index is 802. The van der Waals surface area contributed by atoms with Crippen LogP contribution < -0.4 is 4.74 Å². The van der Waals surface area contributed by atoms with Gasteiger partial charge in [-0.25, -0.2) is 0 Å². The van der Waals surface area contributed by atoms with E-state index in [1.54, 1.807) is 0 Å². The first kappa shape index (κ1) is 45.1. The lowest BCUT2D eigenvalue weighted by molar-refractivity contribution is -0.150. The number of rotatable bonds is 39. The van der Waals surface area contributed by atoms with Gasteiger partial charge in [0.25, 0.3) is 0 Å². The normalized spacial score (nSPS) is 12.0. The largest absolute Gasteiger partial charge is 0.491 e. The van der Waals surface area contributed by atoms with Gasteiger partial charge in [0.15, 0.2) is 0 Å². The Hall–Kier alpha value is -1.91. The zero-order valence-electron chi connectivity index (χ0n) is 30.2. The Kier molecular flexibility index (Phi) is 34.4. The summed E-state index contributed by atoms with van der Waals surface area (Å²) in [6.07, 6.45) is 3.83. The summed E-state index contributed by atoms with van der Waals surface area (Å²) in [5.41, 5.74) is 0. The summed E-state index contributed by atoms with van der Waals surface area (Å²) < 4.78 is 65.6. The smallest absolute Gasteiger partial charge is 0.308 e. The summed E-state index contributed by atoms with van der Waals surface area (Å²) in [6, 6.07) is 9.66. The third-order valence-corrected chi connectivity index (χ3v) is 6.79. The van der Waals surface area contributed by atoms with E-state index in [0.717, 1.165) is 31.4 Å². The van der Waals surface area contributed by atoms with Gasteiger partial charge in [-0.1, -0.05) is 44.9 Å². The first-order valence-electron chi connectivity index (χ1n) is 17.9. The molecule has 49 heavy (non-hydrogen) atoms. The minimum absolute atomic E-state index is 0.00413. The molecule has 1 unspecified atom stereocenters. The van der Waals surface area contributed by atoms with Gasteiger partial charge in [0.2, 0.25) is 0 Å². The van der Waals surface area contributed by atoms with Crippen molar-refractivity contribution in [3.05, 3.63) is 30.3 Å². The molecule has 1 atom stereocenters. The second-order valence-corrected chi connectivity index (χ2v) is 10.7. The molecule has 0 N–H and O–H groups in total. The predicted molar refractivity (Wildman–Crippen MR) is 184 cm³/mol. The van der Waals surface area contributed by atoms with E-state index >= 15 is 0 Å². The van der Waals surface area contributed by atoms with Crippen molar-refractivity contribution < 1.29 is 61.6 Å². The molecule has 0 aliphatic carbocycles. The fraction of sp³-hybridized carbons (Fsp3) is 0.806. The van der Waals surface area contributed by atoms with E-state index in [1.807, 2.05) is 37.3 Å². The number of hydrogen-bond donors (Lipinski definition) is 0. The molecule has 0 saturated heterocycles. The number of carbonyl (C=O) groups is 1. The topological polar surface area (TPSA) is 128 Å². The van der Waals surface area contributed by atoms with Gasteiger partial charge in [-0.3, -0.25) is 4.79 Å². The van der Waals surface area contributed by atoms with E-state index in [2.05, 4.69) is 6.92 Å². The molecular weight excluding hydrogens is 640 g/mol. The second-order valence-electron chi connectivity index (χ2n) is 10.7. The van der Waals surface area contributed by atoms with Crippen molar-refractivity contribution in [3.63, 3.8) is 0 Å². The highest BCUT2D eigenvalue weighted by Gasteiger charge is 2.16. The van der Waals surface area contributed by atoms with Crippen molar-refractivity contribution in [2.24, 2.45) is 5.92 Å². The highest BCUT2D eigenvalue weighted by molar-refractivity contribution is 5.72. The number of para-hydroxylation sites is 1. The van der Waals surface area contributed by atoms with Gasteiger partial charge in [0, 0.05) is 0 Å². The predicted octanol–water partition coefficient (Wildman–Crippen LogP) is 3.99. The summed E-state index contributed by atoms with van der Waals surface area (Å²) in [4.78, 5) is 12.0. The Labute approximate surface area is 294 Å². The lowest BCUT2D eigenvalue weighted by Gasteiger charge is -2.13. The minimum Gasteiger partial charge on any atom is -0.491 e. The Morgan fingerprint density at radius 1 is 0.469 bits per heavy atom. The van der Waals surface area contributed by atoms with Crippen molar-refractivity contribution >= 4 is 5.97 Å². The number of hydrogen-bond acceptors (Lipinski definition) is 13. The standard InChI is InChI=1S/C36H64O13/c1-3-5-9-34(4-2)36(37)49-33-31-47-29-27-45-25-23-43-21-19-41-17-15-39-13-12-38-14-16-40-18-20-42-22-24-44-26-28-46-30-32-48-35-10-7-6-8-11-35/h6-8,10-11,34H,3-5,9,12-33H2,1-2H3. The minimum atomic E-state index is -0.120.